The van der Waals surface area contributed by atoms with Gasteiger partial charge in [-0.1, -0.05) is 30.3 Å². The summed E-state index contributed by atoms with van der Waals surface area (Å²) < 4.78 is 11.9. The molecule has 0 saturated carbocycles. The third-order valence-corrected chi connectivity index (χ3v) is 1.54. The normalized spacial score (nSPS) is 12.9. The molecule has 0 aliphatic heterocycles. The second-order valence-electron chi connectivity index (χ2n) is 2.60. The van der Waals surface area contributed by atoms with Crippen molar-refractivity contribution in [2.45, 2.75) is 12.5 Å². The highest BCUT2D eigenvalue weighted by molar-refractivity contribution is 5.15. The summed E-state index contributed by atoms with van der Waals surface area (Å²) >= 11 is 0. The van der Waals surface area contributed by atoms with Crippen LogP contribution in [-0.2, 0) is 6.42 Å². The molecule has 11 heavy (non-hydrogen) atoms. The molecule has 0 amide bonds. The van der Waals surface area contributed by atoms with Crippen LogP contribution in [0, 0.1) is 0 Å². The lowest BCUT2D eigenvalue weighted by Crippen LogP contribution is -2.24. The quantitative estimate of drug-likeness (QED) is 0.700. The number of hydrogen-bond donors (Lipinski definition) is 1. The van der Waals surface area contributed by atoms with E-state index in [9.17, 15) is 4.39 Å². The van der Waals surface area contributed by atoms with Crippen molar-refractivity contribution in [2.24, 2.45) is 5.73 Å². The topological polar surface area (TPSA) is 26.0 Å². The fourth-order valence-electron chi connectivity index (χ4n) is 0.971. The van der Waals surface area contributed by atoms with E-state index in [1.165, 1.54) is 0 Å². The first-order chi connectivity index (χ1) is 5.33. The van der Waals surface area contributed by atoms with Crippen LogP contribution in [0.1, 0.15) is 5.56 Å². The Hall–Kier alpha value is -0.890. The predicted octanol–water partition coefficient (Wildman–Crippen LogP) is 1.53. The Morgan fingerprint density at radius 3 is 2.45 bits per heavy atom. The highest BCUT2D eigenvalue weighted by Gasteiger charge is 2.01. The highest BCUT2D eigenvalue weighted by atomic mass is 19.1. The molecule has 0 radical (unpaired) electrons. The van der Waals surface area contributed by atoms with Gasteiger partial charge in [-0.2, -0.15) is 0 Å². The van der Waals surface area contributed by atoms with Crippen LogP contribution >= 0.6 is 0 Å². The number of alkyl halides is 1. The third kappa shape index (κ3) is 2.68. The summed E-state index contributed by atoms with van der Waals surface area (Å²) in [5, 5.41) is 0. The first-order valence-electron chi connectivity index (χ1n) is 3.68. The van der Waals surface area contributed by atoms with Crippen molar-refractivity contribution in [1.82, 2.24) is 0 Å². The molecule has 0 heterocycles. The number of benzene rings is 1. The maximum absolute atomic E-state index is 11.9. The Labute approximate surface area is 66.0 Å². The van der Waals surface area contributed by atoms with Crippen LogP contribution in [0.5, 0.6) is 0 Å². The van der Waals surface area contributed by atoms with Crippen molar-refractivity contribution < 1.29 is 4.39 Å². The first-order valence-corrected chi connectivity index (χ1v) is 3.68. The van der Waals surface area contributed by atoms with Gasteiger partial charge in [0.15, 0.2) is 0 Å². The summed E-state index contributed by atoms with van der Waals surface area (Å²) in [4.78, 5) is 0. The van der Waals surface area contributed by atoms with Crippen molar-refractivity contribution in [3.05, 3.63) is 35.9 Å². The minimum Gasteiger partial charge on any atom is -0.325 e. The maximum Gasteiger partial charge on any atom is 0.105 e. The summed E-state index contributed by atoms with van der Waals surface area (Å²) in [5.74, 6) is 0. The zero-order valence-corrected chi connectivity index (χ0v) is 6.33. The minimum atomic E-state index is -0.450. The maximum atomic E-state index is 11.9. The number of halogens is 1. The van der Waals surface area contributed by atoms with Crippen LogP contribution in [0.25, 0.3) is 0 Å². The molecule has 0 fully saturated rings. The zero-order valence-electron chi connectivity index (χ0n) is 6.33. The average molecular weight is 153 g/mol. The average Bonchev–Trinajstić information content (AvgIpc) is 2.06. The van der Waals surface area contributed by atoms with Crippen LogP contribution in [0.15, 0.2) is 30.3 Å². The standard InChI is InChI=1S/C9H12FN/c10-7-9(11)6-8-4-2-1-3-5-8/h1-5,9H,6-7,11H2/t9-/m1/s1. The van der Waals surface area contributed by atoms with E-state index >= 15 is 0 Å². The second kappa shape index (κ2) is 4.09. The molecule has 1 aromatic carbocycles. The van der Waals surface area contributed by atoms with Crippen molar-refractivity contribution in [3.63, 3.8) is 0 Å². The largest absolute Gasteiger partial charge is 0.325 e. The van der Waals surface area contributed by atoms with Gasteiger partial charge in [0.1, 0.15) is 6.67 Å². The second-order valence-corrected chi connectivity index (χ2v) is 2.60. The van der Waals surface area contributed by atoms with Gasteiger partial charge in [0.25, 0.3) is 0 Å². The molecule has 60 valence electrons. The number of hydrogen-bond acceptors (Lipinski definition) is 1. The van der Waals surface area contributed by atoms with Crippen molar-refractivity contribution >= 4 is 0 Å². The Balaban J connectivity index is 2.51. The molecule has 0 aliphatic carbocycles. The molecular formula is C9H12FN. The van der Waals surface area contributed by atoms with Gasteiger partial charge < -0.3 is 5.73 Å². The Morgan fingerprint density at radius 2 is 1.91 bits per heavy atom. The Morgan fingerprint density at radius 1 is 1.27 bits per heavy atom. The van der Waals surface area contributed by atoms with Crippen LogP contribution in [-0.4, -0.2) is 12.7 Å². The van der Waals surface area contributed by atoms with Gasteiger partial charge in [0, 0.05) is 6.04 Å². The Bertz CT molecular complexity index is 198. The lowest BCUT2D eigenvalue weighted by atomic mass is 10.1. The first kappa shape index (κ1) is 8.21. The molecule has 1 nitrogen and oxygen atoms in total. The monoisotopic (exact) mass is 153 g/mol. The van der Waals surface area contributed by atoms with Gasteiger partial charge >= 0.3 is 0 Å². The molecule has 1 atom stereocenters. The number of nitrogens with two attached hydrogens (primary N) is 1. The molecule has 1 rings (SSSR count). The summed E-state index contributed by atoms with van der Waals surface area (Å²) in [5.41, 5.74) is 6.53. The molecular weight excluding hydrogens is 141 g/mol. The molecule has 0 unspecified atom stereocenters. The molecule has 2 N–H and O–H groups in total. The molecule has 0 spiro atoms. The van der Waals surface area contributed by atoms with Gasteiger partial charge in [-0.05, 0) is 12.0 Å². The van der Waals surface area contributed by atoms with E-state index in [2.05, 4.69) is 0 Å². The van der Waals surface area contributed by atoms with Gasteiger partial charge in [-0.3, -0.25) is 0 Å². The lowest BCUT2D eigenvalue weighted by molar-refractivity contribution is 0.427. The van der Waals surface area contributed by atoms with E-state index in [1.54, 1.807) is 0 Å². The zero-order chi connectivity index (χ0) is 8.10. The summed E-state index contributed by atoms with van der Waals surface area (Å²) in [6.45, 7) is -0.450. The fraction of sp³-hybridized carbons (Fsp3) is 0.333. The lowest BCUT2D eigenvalue weighted by Gasteiger charge is -2.05. The van der Waals surface area contributed by atoms with Gasteiger partial charge in [-0.25, -0.2) is 4.39 Å². The van der Waals surface area contributed by atoms with E-state index in [1.807, 2.05) is 30.3 Å². The fourth-order valence-corrected chi connectivity index (χ4v) is 0.971. The van der Waals surface area contributed by atoms with Gasteiger partial charge in [-0.15, -0.1) is 0 Å². The van der Waals surface area contributed by atoms with Gasteiger partial charge in [0.05, 0.1) is 0 Å². The van der Waals surface area contributed by atoms with E-state index in [0.717, 1.165) is 5.56 Å². The van der Waals surface area contributed by atoms with E-state index < -0.39 is 6.67 Å². The Kier molecular flexibility index (Phi) is 3.05. The summed E-state index contributed by atoms with van der Waals surface area (Å²) in [6, 6.07) is 9.35. The molecule has 0 bridgehead atoms. The van der Waals surface area contributed by atoms with E-state index in [4.69, 9.17) is 5.73 Å². The smallest absolute Gasteiger partial charge is 0.105 e. The molecule has 0 saturated heterocycles. The van der Waals surface area contributed by atoms with Crippen molar-refractivity contribution in [1.29, 1.82) is 0 Å². The molecule has 0 aliphatic rings. The number of rotatable bonds is 3. The highest BCUT2D eigenvalue weighted by Crippen LogP contribution is 2.01. The molecule has 1 aromatic rings. The van der Waals surface area contributed by atoms with E-state index in [-0.39, 0.29) is 6.04 Å². The minimum absolute atomic E-state index is 0.350. The molecule has 0 aromatic heterocycles. The van der Waals surface area contributed by atoms with Crippen LogP contribution < -0.4 is 5.73 Å². The SMILES string of the molecule is N[C@@H](CF)Cc1ccccc1. The summed E-state index contributed by atoms with van der Waals surface area (Å²) in [6.07, 6.45) is 0.622. The van der Waals surface area contributed by atoms with Crippen LogP contribution in [0.4, 0.5) is 4.39 Å². The van der Waals surface area contributed by atoms with Crippen molar-refractivity contribution in [2.75, 3.05) is 6.67 Å². The predicted molar refractivity (Wildman–Crippen MR) is 44.1 cm³/mol. The third-order valence-electron chi connectivity index (χ3n) is 1.54. The van der Waals surface area contributed by atoms with Gasteiger partial charge in [0.2, 0.25) is 0 Å². The van der Waals surface area contributed by atoms with Crippen LogP contribution in [0.2, 0.25) is 0 Å². The van der Waals surface area contributed by atoms with Crippen LogP contribution in [0.3, 0.4) is 0 Å². The van der Waals surface area contributed by atoms with E-state index in [0.29, 0.717) is 6.42 Å². The van der Waals surface area contributed by atoms with Crippen molar-refractivity contribution in [3.8, 4) is 0 Å². The molecule has 2 heteroatoms. The summed E-state index contributed by atoms with van der Waals surface area (Å²) in [7, 11) is 0.